The summed E-state index contributed by atoms with van der Waals surface area (Å²) in [5.74, 6) is 0. The Morgan fingerprint density at radius 1 is 0.944 bits per heavy atom. The molecular formula is C17H25N. The topological polar surface area (TPSA) is 3.24 Å². The van der Waals surface area contributed by atoms with E-state index in [0.29, 0.717) is 0 Å². The van der Waals surface area contributed by atoms with Crippen LogP contribution in [0, 0.1) is 10.8 Å². The normalized spacial score (nSPS) is 20.1. The second kappa shape index (κ2) is 4.15. The van der Waals surface area contributed by atoms with Crippen LogP contribution in [0.5, 0.6) is 0 Å². The highest BCUT2D eigenvalue weighted by molar-refractivity contribution is 5.50. The van der Waals surface area contributed by atoms with E-state index in [1.807, 2.05) is 0 Å². The smallest absolute Gasteiger partial charge is 0.0449 e. The Morgan fingerprint density at radius 2 is 1.61 bits per heavy atom. The molecule has 0 aromatic rings. The Balaban J connectivity index is 2.60. The number of hydrogen-bond donors (Lipinski definition) is 0. The van der Waals surface area contributed by atoms with Gasteiger partial charge in [-0.15, -0.1) is 0 Å². The third kappa shape index (κ3) is 2.31. The molecule has 2 rings (SSSR count). The fourth-order valence-corrected chi connectivity index (χ4v) is 2.76. The minimum atomic E-state index is 0.169. The SMILES string of the molecule is CC(C)(C)C1=CCN2C=CC=CC2=C1C(C)(C)C. The van der Waals surface area contributed by atoms with Crippen LogP contribution < -0.4 is 0 Å². The lowest BCUT2D eigenvalue weighted by molar-refractivity contribution is 0.400. The van der Waals surface area contributed by atoms with Crippen molar-refractivity contribution in [3.05, 3.63) is 47.3 Å². The maximum Gasteiger partial charge on any atom is 0.0449 e. The first-order valence-corrected chi connectivity index (χ1v) is 6.78. The maximum absolute atomic E-state index is 2.40. The van der Waals surface area contributed by atoms with Gasteiger partial charge in [-0.2, -0.15) is 0 Å². The Morgan fingerprint density at radius 3 is 2.17 bits per heavy atom. The highest BCUT2D eigenvalue weighted by Gasteiger charge is 2.33. The van der Waals surface area contributed by atoms with Crippen LogP contribution in [0.25, 0.3) is 0 Å². The zero-order valence-corrected chi connectivity index (χ0v) is 12.5. The molecule has 0 radical (unpaired) electrons. The number of allylic oxidation sites excluding steroid dienone is 5. The van der Waals surface area contributed by atoms with Gasteiger partial charge in [-0.05, 0) is 34.1 Å². The molecular weight excluding hydrogens is 218 g/mol. The molecule has 0 saturated heterocycles. The largest absolute Gasteiger partial charge is 0.344 e. The van der Waals surface area contributed by atoms with Gasteiger partial charge in [-0.25, -0.2) is 0 Å². The second-order valence-electron chi connectivity index (χ2n) is 7.23. The van der Waals surface area contributed by atoms with Gasteiger partial charge in [0.05, 0.1) is 0 Å². The van der Waals surface area contributed by atoms with Gasteiger partial charge < -0.3 is 4.90 Å². The van der Waals surface area contributed by atoms with E-state index in [0.717, 1.165) is 6.54 Å². The van der Waals surface area contributed by atoms with E-state index in [9.17, 15) is 0 Å². The molecule has 0 fully saturated rings. The Kier molecular flexibility index (Phi) is 3.04. The van der Waals surface area contributed by atoms with Crippen molar-refractivity contribution in [1.82, 2.24) is 4.90 Å². The fourth-order valence-electron chi connectivity index (χ4n) is 2.76. The average Bonchev–Trinajstić information content (AvgIpc) is 2.24. The Bertz CT molecular complexity index is 459. The fraction of sp³-hybridized carbons (Fsp3) is 0.529. The highest BCUT2D eigenvalue weighted by Crippen LogP contribution is 2.45. The molecule has 0 saturated carbocycles. The number of hydrogen-bond acceptors (Lipinski definition) is 1. The summed E-state index contributed by atoms with van der Waals surface area (Å²) < 4.78 is 0. The van der Waals surface area contributed by atoms with E-state index in [1.54, 1.807) is 0 Å². The van der Waals surface area contributed by atoms with Gasteiger partial charge in [0.2, 0.25) is 0 Å². The molecule has 98 valence electrons. The quantitative estimate of drug-likeness (QED) is 0.598. The lowest BCUT2D eigenvalue weighted by Gasteiger charge is -2.41. The van der Waals surface area contributed by atoms with Crippen molar-refractivity contribution in [3.63, 3.8) is 0 Å². The highest BCUT2D eigenvalue weighted by atomic mass is 15.1. The second-order valence-corrected chi connectivity index (χ2v) is 7.23. The van der Waals surface area contributed by atoms with E-state index in [4.69, 9.17) is 0 Å². The summed E-state index contributed by atoms with van der Waals surface area (Å²) in [6.07, 6.45) is 11.1. The van der Waals surface area contributed by atoms with Crippen molar-refractivity contribution in [2.24, 2.45) is 10.8 Å². The third-order valence-corrected chi connectivity index (χ3v) is 3.52. The number of nitrogens with zero attached hydrogens (tertiary/aromatic N) is 1. The molecule has 0 atom stereocenters. The first kappa shape index (κ1) is 13.2. The van der Waals surface area contributed by atoms with E-state index in [-0.39, 0.29) is 10.8 Å². The zero-order chi connectivity index (χ0) is 13.6. The van der Waals surface area contributed by atoms with Crippen LogP contribution in [-0.4, -0.2) is 11.4 Å². The van der Waals surface area contributed by atoms with E-state index in [1.165, 1.54) is 16.8 Å². The predicted octanol–water partition coefficient (Wildman–Crippen LogP) is 4.66. The van der Waals surface area contributed by atoms with Crippen molar-refractivity contribution in [3.8, 4) is 0 Å². The predicted molar refractivity (Wildman–Crippen MR) is 79.0 cm³/mol. The molecule has 1 nitrogen and oxygen atoms in total. The molecule has 0 N–H and O–H groups in total. The van der Waals surface area contributed by atoms with Gasteiger partial charge >= 0.3 is 0 Å². The number of fused-ring (bicyclic) bond motifs is 1. The summed E-state index contributed by atoms with van der Waals surface area (Å²) >= 11 is 0. The average molecular weight is 243 g/mol. The molecule has 0 aromatic heterocycles. The summed E-state index contributed by atoms with van der Waals surface area (Å²) in [5.41, 5.74) is 4.74. The van der Waals surface area contributed by atoms with E-state index >= 15 is 0 Å². The maximum atomic E-state index is 2.40. The third-order valence-electron chi connectivity index (χ3n) is 3.52. The van der Waals surface area contributed by atoms with E-state index < -0.39 is 0 Å². The Labute approximate surface area is 112 Å². The lowest BCUT2D eigenvalue weighted by atomic mass is 9.70. The van der Waals surface area contributed by atoms with Crippen molar-refractivity contribution in [2.45, 2.75) is 41.5 Å². The molecule has 0 aliphatic carbocycles. The van der Waals surface area contributed by atoms with Crippen LogP contribution in [0.4, 0.5) is 0 Å². The molecule has 2 aliphatic rings. The molecule has 0 bridgehead atoms. The summed E-state index contributed by atoms with van der Waals surface area (Å²) in [6.45, 7) is 14.8. The first-order valence-electron chi connectivity index (χ1n) is 6.78. The van der Waals surface area contributed by atoms with Crippen LogP contribution >= 0.6 is 0 Å². The van der Waals surface area contributed by atoms with Crippen LogP contribution in [0.3, 0.4) is 0 Å². The molecule has 2 aliphatic heterocycles. The molecule has 0 amide bonds. The van der Waals surface area contributed by atoms with Gasteiger partial charge in [0.1, 0.15) is 0 Å². The summed E-state index contributed by atoms with van der Waals surface area (Å²) in [7, 11) is 0. The minimum absolute atomic E-state index is 0.169. The molecule has 0 spiro atoms. The van der Waals surface area contributed by atoms with Crippen LogP contribution in [0.2, 0.25) is 0 Å². The van der Waals surface area contributed by atoms with Gasteiger partial charge in [0.25, 0.3) is 0 Å². The van der Waals surface area contributed by atoms with Crippen LogP contribution in [0.1, 0.15) is 41.5 Å². The van der Waals surface area contributed by atoms with Crippen molar-refractivity contribution in [1.29, 1.82) is 0 Å². The van der Waals surface area contributed by atoms with Crippen LogP contribution in [0.15, 0.2) is 47.3 Å². The van der Waals surface area contributed by atoms with Gasteiger partial charge in [-0.3, -0.25) is 0 Å². The molecule has 2 heterocycles. The van der Waals surface area contributed by atoms with E-state index in [2.05, 4.69) is 76.9 Å². The Hall–Kier alpha value is -1.24. The van der Waals surface area contributed by atoms with Gasteiger partial charge in [0, 0.05) is 18.4 Å². The summed E-state index contributed by atoms with van der Waals surface area (Å²) in [6, 6.07) is 0. The number of rotatable bonds is 0. The van der Waals surface area contributed by atoms with Gasteiger partial charge in [0.15, 0.2) is 0 Å². The minimum Gasteiger partial charge on any atom is -0.344 e. The van der Waals surface area contributed by atoms with Crippen LogP contribution in [-0.2, 0) is 0 Å². The van der Waals surface area contributed by atoms with Crippen molar-refractivity contribution < 1.29 is 0 Å². The molecule has 0 unspecified atom stereocenters. The lowest BCUT2D eigenvalue weighted by Crippen LogP contribution is -2.31. The van der Waals surface area contributed by atoms with Gasteiger partial charge in [-0.1, -0.05) is 53.7 Å². The standard InChI is InChI=1S/C17H25N/c1-16(2,3)13-10-12-18-11-8-7-9-14(18)15(13)17(4,5)6/h7-11H,12H2,1-6H3. The van der Waals surface area contributed by atoms with Crippen molar-refractivity contribution in [2.75, 3.05) is 6.54 Å². The van der Waals surface area contributed by atoms with Crippen molar-refractivity contribution >= 4 is 0 Å². The molecule has 0 aromatic carbocycles. The zero-order valence-electron chi connectivity index (χ0n) is 12.5. The summed E-state index contributed by atoms with van der Waals surface area (Å²) in [4.78, 5) is 2.34. The summed E-state index contributed by atoms with van der Waals surface area (Å²) in [5, 5.41) is 0. The molecule has 18 heavy (non-hydrogen) atoms. The first-order chi connectivity index (χ1) is 8.21. The molecule has 1 heteroatoms. The monoisotopic (exact) mass is 243 g/mol.